The van der Waals surface area contributed by atoms with Crippen LogP contribution in [-0.2, 0) is 11.3 Å². The van der Waals surface area contributed by atoms with Gasteiger partial charge in [-0.15, -0.1) is 0 Å². The Kier molecular flexibility index (Phi) is 8.23. The number of aliphatic hydroxyl groups excluding tert-OH is 1. The quantitative estimate of drug-likeness (QED) is 0.503. The maximum absolute atomic E-state index is 13.8. The number of fused-ring (bicyclic) bond motifs is 1. The van der Waals surface area contributed by atoms with Crippen LogP contribution in [0.25, 0.3) is 22.3 Å². The lowest BCUT2D eigenvalue weighted by Gasteiger charge is -2.24. The fourth-order valence-electron chi connectivity index (χ4n) is 4.51. The van der Waals surface area contributed by atoms with Crippen molar-refractivity contribution in [1.29, 1.82) is 0 Å². The van der Waals surface area contributed by atoms with Crippen LogP contribution in [0, 0.1) is 5.82 Å². The van der Waals surface area contributed by atoms with Crippen molar-refractivity contribution in [2.75, 3.05) is 44.2 Å². The summed E-state index contributed by atoms with van der Waals surface area (Å²) in [5, 5.41) is 12.4. The van der Waals surface area contributed by atoms with Crippen molar-refractivity contribution < 1.29 is 14.3 Å². The van der Waals surface area contributed by atoms with Crippen molar-refractivity contribution in [2.24, 2.45) is 0 Å². The van der Waals surface area contributed by atoms with E-state index >= 15 is 0 Å². The van der Waals surface area contributed by atoms with Crippen molar-refractivity contribution >= 4 is 34.1 Å². The first-order chi connectivity index (χ1) is 17.3. The molecule has 1 saturated heterocycles. The molecule has 1 aliphatic rings. The van der Waals surface area contributed by atoms with Crippen LogP contribution in [0.3, 0.4) is 0 Å². The Morgan fingerprint density at radius 2 is 1.97 bits per heavy atom. The number of nitrogens with zero attached hydrogens (tertiary/aromatic N) is 4. The molecule has 0 saturated carbocycles. The van der Waals surface area contributed by atoms with Gasteiger partial charge >= 0.3 is 0 Å². The third kappa shape index (κ3) is 5.86. The molecule has 36 heavy (non-hydrogen) atoms. The second kappa shape index (κ2) is 11.4. The summed E-state index contributed by atoms with van der Waals surface area (Å²) in [6.45, 7) is 7.57. The Morgan fingerprint density at radius 3 is 2.69 bits per heavy atom. The molecule has 0 aliphatic carbocycles. The molecule has 0 bridgehead atoms. The molecule has 3 aromatic rings. The van der Waals surface area contributed by atoms with Gasteiger partial charge < -0.3 is 15.3 Å². The SMILES string of the molecule is CC(C)NC(=O)Cn1c(-c2ccc(F)c(Cl)c2)nc2ccc(N3CCCN(CCO)CC3)cc2c1=O. The first-order valence-corrected chi connectivity index (χ1v) is 12.5. The first-order valence-electron chi connectivity index (χ1n) is 12.1. The zero-order valence-corrected chi connectivity index (χ0v) is 21.3. The number of carbonyl (C=O) groups is 1. The van der Waals surface area contributed by atoms with Gasteiger partial charge in [-0.25, -0.2) is 9.37 Å². The van der Waals surface area contributed by atoms with E-state index in [1.54, 1.807) is 6.07 Å². The molecule has 1 fully saturated rings. The van der Waals surface area contributed by atoms with Gasteiger partial charge in [-0.1, -0.05) is 11.6 Å². The van der Waals surface area contributed by atoms with Crippen molar-refractivity contribution in [3.05, 3.63) is 57.6 Å². The number of aliphatic hydroxyl groups is 1. The average Bonchev–Trinajstić information content (AvgIpc) is 3.08. The number of rotatable bonds is 7. The molecule has 1 aliphatic heterocycles. The maximum Gasteiger partial charge on any atom is 0.262 e. The number of β-amino-alcohol motifs (C(OH)–C–C–N with tert-alkyl or cyclic N) is 1. The van der Waals surface area contributed by atoms with E-state index in [1.807, 2.05) is 26.0 Å². The predicted molar refractivity (Wildman–Crippen MR) is 140 cm³/mol. The molecule has 0 radical (unpaired) electrons. The zero-order chi connectivity index (χ0) is 25.8. The number of hydrogen-bond donors (Lipinski definition) is 2. The molecule has 192 valence electrons. The number of anilines is 1. The monoisotopic (exact) mass is 515 g/mol. The molecule has 0 unspecified atom stereocenters. The Morgan fingerprint density at radius 1 is 1.17 bits per heavy atom. The van der Waals surface area contributed by atoms with Crippen LogP contribution in [0.5, 0.6) is 0 Å². The summed E-state index contributed by atoms with van der Waals surface area (Å²) in [6, 6.07) is 9.59. The number of benzene rings is 2. The molecule has 0 atom stereocenters. The van der Waals surface area contributed by atoms with E-state index in [9.17, 15) is 19.1 Å². The predicted octanol–water partition coefficient (Wildman–Crippen LogP) is 2.89. The summed E-state index contributed by atoms with van der Waals surface area (Å²) >= 11 is 6.01. The normalized spacial score (nSPS) is 14.9. The van der Waals surface area contributed by atoms with E-state index in [0.29, 0.717) is 23.0 Å². The van der Waals surface area contributed by atoms with Crippen molar-refractivity contribution in [3.63, 3.8) is 0 Å². The van der Waals surface area contributed by atoms with Crippen LogP contribution in [-0.4, -0.2) is 70.8 Å². The van der Waals surface area contributed by atoms with Crippen LogP contribution in [0.15, 0.2) is 41.2 Å². The standard InChI is InChI=1S/C26H31ClFN5O3/c1-17(2)29-24(35)16-33-25(18-4-6-22(28)21(27)14-18)30-23-7-5-19(15-20(23)26(33)36)32-9-3-8-31(10-11-32)12-13-34/h4-7,14-15,17,34H,3,8-13,16H2,1-2H3,(H,29,35). The fourth-order valence-corrected chi connectivity index (χ4v) is 4.69. The number of carbonyl (C=O) groups excluding carboxylic acids is 1. The zero-order valence-electron chi connectivity index (χ0n) is 20.5. The highest BCUT2D eigenvalue weighted by molar-refractivity contribution is 6.31. The third-order valence-corrected chi connectivity index (χ3v) is 6.53. The van der Waals surface area contributed by atoms with Crippen LogP contribution in [0.4, 0.5) is 10.1 Å². The van der Waals surface area contributed by atoms with Gasteiger partial charge in [0.1, 0.15) is 18.2 Å². The summed E-state index contributed by atoms with van der Waals surface area (Å²) in [4.78, 5) is 35.5. The minimum Gasteiger partial charge on any atom is -0.395 e. The van der Waals surface area contributed by atoms with E-state index in [4.69, 9.17) is 16.6 Å². The number of hydrogen-bond acceptors (Lipinski definition) is 6. The van der Waals surface area contributed by atoms with E-state index < -0.39 is 5.82 Å². The Balaban J connectivity index is 1.77. The number of amides is 1. The highest BCUT2D eigenvalue weighted by Crippen LogP contribution is 2.26. The van der Waals surface area contributed by atoms with Gasteiger partial charge in [0.05, 0.1) is 22.5 Å². The summed E-state index contributed by atoms with van der Waals surface area (Å²) in [5.41, 5.74) is 1.48. The smallest absolute Gasteiger partial charge is 0.262 e. The molecule has 1 aromatic heterocycles. The van der Waals surface area contributed by atoms with Crippen LogP contribution in [0.1, 0.15) is 20.3 Å². The Hall–Kier alpha value is -3.01. The number of halogens is 2. The second-order valence-corrected chi connectivity index (χ2v) is 9.69. The number of aromatic nitrogens is 2. The fraction of sp³-hybridized carbons (Fsp3) is 0.423. The van der Waals surface area contributed by atoms with Gasteiger partial charge in [0.25, 0.3) is 5.56 Å². The molecule has 2 aromatic carbocycles. The number of nitrogens with one attached hydrogen (secondary N) is 1. The van der Waals surface area contributed by atoms with Crippen molar-refractivity contribution in [3.8, 4) is 11.4 Å². The minimum atomic E-state index is -0.577. The minimum absolute atomic E-state index is 0.0909. The third-order valence-electron chi connectivity index (χ3n) is 6.24. The lowest BCUT2D eigenvalue weighted by molar-refractivity contribution is -0.122. The van der Waals surface area contributed by atoms with E-state index in [2.05, 4.69) is 15.1 Å². The van der Waals surface area contributed by atoms with E-state index in [-0.39, 0.29) is 41.5 Å². The van der Waals surface area contributed by atoms with Gasteiger partial charge in [0, 0.05) is 43.5 Å². The summed E-state index contributed by atoms with van der Waals surface area (Å²) in [7, 11) is 0. The van der Waals surface area contributed by atoms with E-state index in [1.165, 1.54) is 22.8 Å². The lowest BCUT2D eigenvalue weighted by Crippen LogP contribution is -2.37. The molecule has 4 rings (SSSR count). The molecule has 2 heterocycles. The summed E-state index contributed by atoms with van der Waals surface area (Å²) in [6.07, 6.45) is 0.945. The summed E-state index contributed by atoms with van der Waals surface area (Å²) < 4.78 is 15.1. The molecule has 1 amide bonds. The molecule has 2 N–H and O–H groups in total. The Bertz CT molecular complexity index is 1310. The van der Waals surface area contributed by atoms with Gasteiger partial charge in [-0.3, -0.25) is 19.1 Å². The van der Waals surface area contributed by atoms with Crippen LogP contribution < -0.4 is 15.8 Å². The largest absolute Gasteiger partial charge is 0.395 e. The van der Waals surface area contributed by atoms with Gasteiger partial charge in [-0.05, 0) is 63.2 Å². The molecule has 10 heteroatoms. The summed E-state index contributed by atoms with van der Waals surface area (Å²) in [5.74, 6) is -0.655. The highest BCUT2D eigenvalue weighted by atomic mass is 35.5. The van der Waals surface area contributed by atoms with E-state index in [0.717, 1.165) is 38.3 Å². The lowest BCUT2D eigenvalue weighted by atomic mass is 10.1. The van der Waals surface area contributed by atoms with Crippen LogP contribution >= 0.6 is 11.6 Å². The topological polar surface area (TPSA) is 90.7 Å². The molecular weight excluding hydrogens is 485 g/mol. The van der Waals surface area contributed by atoms with Crippen LogP contribution in [0.2, 0.25) is 5.02 Å². The molecular formula is C26H31ClFN5O3. The highest BCUT2D eigenvalue weighted by Gasteiger charge is 2.20. The second-order valence-electron chi connectivity index (χ2n) is 9.29. The Labute approximate surface area is 214 Å². The van der Waals surface area contributed by atoms with Gasteiger partial charge in [-0.2, -0.15) is 0 Å². The molecule has 8 nitrogen and oxygen atoms in total. The first kappa shape index (κ1) is 26.1. The van der Waals surface area contributed by atoms with Gasteiger partial charge in [0.2, 0.25) is 5.91 Å². The average molecular weight is 516 g/mol. The molecule has 0 spiro atoms. The van der Waals surface area contributed by atoms with Crippen molar-refractivity contribution in [2.45, 2.75) is 32.9 Å². The van der Waals surface area contributed by atoms with Crippen molar-refractivity contribution in [1.82, 2.24) is 19.8 Å². The maximum atomic E-state index is 13.8. The van der Waals surface area contributed by atoms with Gasteiger partial charge in [0.15, 0.2) is 0 Å².